The van der Waals surface area contributed by atoms with E-state index in [2.05, 4.69) is 130 Å². The van der Waals surface area contributed by atoms with Gasteiger partial charge in [-0.2, -0.15) is 0 Å². The smallest absolute Gasteiger partial charge is 0.306 e. The number of hydrogen-bond acceptors (Lipinski definition) is 6. The van der Waals surface area contributed by atoms with E-state index in [9.17, 15) is 14.4 Å². The summed E-state index contributed by atoms with van der Waals surface area (Å²) in [5.41, 5.74) is 0. The fraction of sp³-hybridized carbons (Fsp3) is 0.677. The standard InChI is InChI=1S/C65H108O6/c1-4-7-10-13-16-19-22-25-28-31-34-37-40-43-46-49-52-55-58-64(67)70-61-62(60-69-63(66)57-54-51-48-45-42-39-36-33-30-27-24-21-18-15-12-9-6-3)71-65(68)59-56-53-50-47-44-41-38-35-32-29-26-23-20-17-14-11-8-5-2/h16,18-19,21-22,25,27-28,30-31,34-39,45,48,62H,4-15,17,20,23-24,26,29,32-33,40-44,46-47,49-61H2,1-3H3/b19-16-,21-18-,25-22-,30-27-,31-28-,37-34-,38-35-,39-36-,48-45-. The molecule has 0 saturated carbocycles. The van der Waals surface area contributed by atoms with Crippen LogP contribution < -0.4 is 0 Å². The second kappa shape index (κ2) is 58.6. The molecule has 0 rings (SSSR count). The maximum atomic E-state index is 12.9. The van der Waals surface area contributed by atoms with Gasteiger partial charge in [0.25, 0.3) is 0 Å². The van der Waals surface area contributed by atoms with E-state index < -0.39 is 6.10 Å². The number of carbonyl (C=O) groups excluding carboxylic acids is 3. The van der Waals surface area contributed by atoms with Crippen LogP contribution in [0.3, 0.4) is 0 Å². The van der Waals surface area contributed by atoms with Gasteiger partial charge in [0.05, 0.1) is 0 Å². The van der Waals surface area contributed by atoms with E-state index in [4.69, 9.17) is 14.2 Å². The Morgan fingerprint density at radius 3 is 1.01 bits per heavy atom. The van der Waals surface area contributed by atoms with Gasteiger partial charge in [0, 0.05) is 19.3 Å². The van der Waals surface area contributed by atoms with Gasteiger partial charge >= 0.3 is 17.9 Å². The molecule has 71 heavy (non-hydrogen) atoms. The van der Waals surface area contributed by atoms with Gasteiger partial charge in [-0.25, -0.2) is 0 Å². The Hall–Kier alpha value is -3.93. The van der Waals surface area contributed by atoms with Crippen LogP contribution in [0.15, 0.2) is 109 Å². The summed E-state index contributed by atoms with van der Waals surface area (Å²) in [7, 11) is 0. The number of esters is 3. The maximum Gasteiger partial charge on any atom is 0.306 e. The van der Waals surface area contributed by atoms with Crippen LogP contribution in [0.2, 0.25) is 0 Å². The molecule has 0 saturated heterocycles. The van der Waals surface area contributed by atoms with Crippen LogP contribution in [0.4, 0.5) is 0 Å². The van der Waals surface area contributed by atoms with Crippen LogP contribution >= 0.6 is 0 Å². The molecule has 0 fully saturated rings. The summed E-state index contributed by atoms with van der Waals surface area (Å²) in [4.78, 5) is 38.2. The zero-order valence-corrected chi connectivity index (χ0v) is 46.2. The molecule has 0 amide bonds. The van der Waals surface area contributed by atoms with E-state index in [1.165, 1.54) is 116 Å². The first-order valence-corrected chi connectivity index (χ1v) is 29.4. The van der Waals surface area contributed by atoms with Crippen molar-refractivity contribution in [2.24, 2.45) is 0 Å². The average Bonchev–Trinajstić information content (AvgIpc) is 3.37. The lowest BCUT2D eigenvalue weighted by atomic mass is 10.1. The van der Waals surface area contributed by atoms with Gasteiger partial charge in [-0.1, -0.05) is 246 Å². The van der Waals surface area contributed by atoms with Crippen molar-refractivity contribution in [2.75, 3.05) is 13.2 Å². The second-order valence-corrected chi connectivity index (χ2v) is 19.3. The first kappa shape index (κ1) is 67.1. The molecule has 404 valence electrons. The van der Waals surface area contributed by atoms with Crippen molar-refractivity contribution in [3.63, 3.8) is 0 Å². The maximum absolute atomic E-state index is 12.9. The lowest BCUT2D eigenvalue weighted by Crippen LogP contribution is -2.30. The molecule has 0 aromatic heterocycles. The minimum Gasteiger partial charge on any atom is -0.462 e. The first-order chi connectivity index (χ1) is 35.0. The van der Waals surface area contributed by atoms with Crippen molar-refractivity contribution in [3.05, 3.63) is 109 Å². The average molecular weight is 986 g/mol. The number of ether oxygens (including phenoxy) is 3. The largest absolute Gasteiger partial charge is 0.462 e. The molecule has 0 radical (unpaired) electrons. The molecule has 0 aliphatic rings. The SMILES string of the molecule is CCCCC\C=C/C=C\C=C/C=C\CCCCCCCC(=O)OCC(COC(=O)CCC/C=C\C/C=C\C/C=C\C/C=C\CCCCC)OC(=O)CCCCCCC/C=C\CCCCCCCCCCC. The van der Waals surface area contributed by atoms with Crippen LogP contribution in [0, 0.1) is 0 Å². The zero-order chi connectivity index (χ0) is 51.4. The van der Waals surface area contributed by atoms with E-state index in [-0.39, 0.29) is 37.5 Å². The third kappa shape index (κ3) is 56.9. The van der Waals surface area contributed by atoms with Crippen LogP contribution in [-0.4, -0.2) is 37.2 Å². The highest BCUT2D eigenvalue weighted by Gasteiger charge is 2.19. The quantitative estimate of drug-likeness (QED) is 0.0199. The normalized spacial score (nSPS) is 12.9. The zero-order valence-electron chi connectivity index (χ0n) is 46.2. The predicted octanol–water partition coefficient (Wildman–Crippen LogP) is 19.9. The van der Waals surface area contributed by atoms with Gasteiger partial charge in [-0.3, -0.25) is 14.4 Å². The summed E-state index contributed by atoms with van der Waals surface area (Å²) in [6.45, 7) is 6.51. The number of unbranched alkanes of at least 4 members (excludes halogenated alkanes) is 26. The summed E-state index contributed by atoms with van der Waals surface area (Å²) in [5.74, 6) is -0.997. The molecule has 0 N–H and O–H groups in total. The highest BCUT2D eigenvalue weighted by atomic mass is 16.6. The fourth-order valence-corrected chi connectivity index (χ4v) is 7.85. The molecular formula is C65H108O6. The minimum atomic E-state index is -0.817. The van der Waals surface area contributed by atoms with Crippen molar-refractivity contribution in [1.29, 1.82) is 0 Å². The molecule has 0 aliphatic heterocycles. The van der Waals surface area contributed by atoms with E-state index in [1.54, 1.807) is 0 Å². The summed E-state index contributed by atoms with van der Waals surface area (Å²) in [6.07, 6.45) is 79.3. The molecular weight excluding hydrogens is 877 g/mol. The second-order valence-electron chi connectivity index (χ2n) is 19.3. The number of allylic oxidation sites excluding steroid dienone is 18. The van der Waals surface area contributed by atoms with Gasteiger partial charge in [-0.15, -0.1) is 0 Å². The van der Waals surface area contributed by atoms with Crippen LogP contribution in [0.25, 0.3) is 0 Å². The monoisotopic (exact) mass is 985 g/mol. The molecule has 0 aromatic carbocycles. The molecule has 0 aromatic rings. The Labute approximate surface area is 438 Å². The van der Waals surface area contributed by atoms with Gasteiger partial charge in [0.1, 0.15) is 13.2 Å². The van der Waals surface area contributed by atoms with Crippen molar-refractivity contribution < 1.29 is 28.6 Å². The van der Waals surface area contributed by atoms with Gasteiger partial charge in [-0.05, 0) is 109 Å². The van der Waals surface area contributed by atoms with Crippen LogP contribution in [-0.2, 0) is 28.6 Å². The third-order valence-corrected chi connectivity index (χ3v) is 12.3. The molecule has 6 heteroatoms. The predicted molar refractivity (Wildman–Crippen MR) is 307 cm³/mol. The first-order valence-electron chi connectivity index (χ1n) is 29.4. The number of carbonyl (C=O) groups is 3. The van der Waals surface area contributed by atoms with Crippen LogP contribution in [0.1, 0.15) is 265 Å². The van der Waals surface area contributed by atoms with E-state index in [0.717, 1.165) is 103 Å². The molecule has 0 heterocycles. The highest BCUT2D eigenvalue weighted by Crippen LogP contribution is 2.14. The van der Waals surface area contributed by atoms with E-state index in [0.29, 0.717) is 19.3 Å². The van der Waals surface area contributed by atoms with Crippen molar-refractivity contribution in [3.8, 4) is 0 Å². The Morgan fingerprint density at radius 1 is 0.296 bits per heavy atom. The van der Waals surface area contributed by atoms with Crippen molar-refractivity contribution in [1.82, 2.24) is 0 Å². The molecule has 1 atom stereocenters. The lowest BCUT2D eigenvalue weighted by Gasteiger charge is -2.18. The summed E-state index contributed by atoms with van der Waals surface area (Å²) in [6, 6.07) is 0. The minimum absolute atomic E-state index is 0.112. The molecule has 0 bridgehead atoms. The molecule has 6 nitrogen and oxygen atoms in total. The molecule has 0 spiro atoms. The Balaban J connectivity index is 4.54. The topological polar surface area (TPSA) is 78.9 Å². The molecule has 1 unspecified atom stereocenters. The lowest BCUT2D eigenvalue weighted by molar-refractivity contribution is -0.167. The van der Waals surface area contributed by atoms with E-state index in [1.807, 2.05) is 0 Å². The van der Waals surface area contributed by atoms with Gasteiger partial charge in [0.15, 0.2) is 6.10 Å². The molecule has 0 aliphatic carbocycles. The Morgan fingerprint density at radius 2 is 0.577 bits per heavy atom. The Bertz CT molecular complexity index is 1460. The highest BCUT2D eigenvalue weighted by molar-refractivity contribution is 5.71. The van der Waals surface area contributed by atoms with Gasteiger partial charge in [0.2, 0.25) is 0 Å². The van der Waals surface area contributed by atoms with Crippen molar-refractivity contribution >= 4 is 17.9 Å². The van der Waals surface area contributed by atoms with Crippen molar-refractivity contribution in [2.45, 2.75) is 271 Å². The van der Waals surface area contributed by atoms with E-state index >= 15 is 0 Å². The van der Waals surface area contributed by atoms with Crippen LogP contribution in [0.5, 0.6) is 0 Å². The fourth-order valence-electron chi connectivity index (χ4n) is 7.85. The number of rotatable bonds is 52. The van der Waals surface area contributed by atoms with Gasteiger partial charge < -0.3 is 14.2 Å². The Kier molecular flexibility index (Phi) is 55.4. The third-order valence-electron chi connectivity index (χ3n) is 12.3. The summed E-state index contributed by atoms with van der Waals surface area (Å²) < 4.78 is 16.8. The number of hydrogen-bond donors (Lipinski definition) is 0. The summed E-state index contributed by atoms with van der Waals surface area (Å²) >= 11 is 0. The summed E-state index contributed by atoms with van der Waals surface area (Å²) in [5, 5.41) is 0.